The SMILES string of the molecule is CNC(CCN1CCC(CO)CC1)c1ccc(C)cc1. The Morgan fingerprint density at radius 1 is 1.25 bits per heavy atom. The highest BCUT2D eigenvalue weighted by Gasteiger charge is 2.19. The van der Waals surface area contributed by atoms with Crippen LogP contribution in [0.4, 0.5) is 0 Å². The van der Waals surface area contributed by atoms with Gasteiger partial charge in [0.2, 0.25) is 0 Å². The lowest BCUT2D eigenvalue weighted by atomic mass is 9.97. The minimum Gasteiger partial charge on any atom is -0.396 e. The maximum atomic E-state index is 9.18. The Bertz CT molecular complexity index is 382. The molecule has 1 aromatic rings. The Balaban J connectivity index is 1.81. The summed E-state index contributed by atoms with van der Waals surface area (Å²) in [6.07, 6.45) is 3.43. The average Bonchev–Trinajstić information content (AvgIpc) is 2.50. The third kappa shape index (κ3) is 4.30. The molecule has 0 amide bonds. The highest BCUT2D eigenvalue weighted by atomic mass is 16.3. The molecule has 1 saturated heterocycles. The number of piperidine rings is 1. The molecule has 0 radical (unpaired) electrons. The predicted octanol–water partition coefficient (Wildman–Crippen LogP) is 2.35. The fourth-order valence-electron chi connectivity index (χ4n) is 2.98. The number of hydrogen-bond donors (Lipinski definition) is 2. The number of aryl methyl sites for hydroxylation is 1. The Hall–Kier alpha value is -0.900. The van der Waals surface area contributed by atoms with Crippen LogP contribution < -0.4 is 5.32 Å². The highest BCUT2D eigenvalue weighted by Crippen LogP contribution is 2.20. The molecule has 1 aromatic carbocycles. The minimum atomic E-state index is 0.357. The Morgan fingerprint density at radius 3 is 2.45 bits per heavy atom. The summed E-state index contributed by atoms with van der Waals surface area (Å²) in [5, 5.41) is 12.6. The largest absolute Gasteiger partial charge is 0.396 e. The standard InChI is InChI=1S/C17H28N2O/c1-14-3-5-16(6-4-14)17(18-2)9-12-19-10-7-15(13-20)8-11-19/h3-6,15,17-18,20H,7-13H2,1-2H3. The maximum absolute atomic E-state index is 9.18. The fourth-order valence-corrected chi connectivity index (χ4v) is 2.98. The molecule has 0 spiro atoms. The van der Waals surface area contributed by atoms with Gasteiger partial charge in [-0.1, -0.05) is 29.8 Å². The topological polar surface area (TPSA) is 35.5 Å². The highest BCUT2D eigenvalue weighted by molar-refractivity contribution is 5.24. The summed E-state index contributed by atoms with van der Waals surface area (Å²) in [6, 6.07) is 9.27. The lowest BCUT2D eigenvalue weighted by molar-refractivity contribution is 0.128. The van der Waals surface area contributed by atoms with Crippen LogP contribution in [0.5, 0.6) is 0 Å². The van der Waals surface area contributed by atoms with Crippen LogP contribution in [0.2, 0.25) is 0 Å². The van der Waals surface area contributed by atoms with Crippen molar-refractivity contribution in [1.82, 2.24) is 10.2 Å². The van der Waals surface area contributed by atoms with Gasteiger partial charge in [-0.15, -0.1) is 0 Å². The van der Waals surface area contributed by atoms with E-state index in [-0.39, 0.29) is 0 Å². The first-order valence-electron chi connectivity index (χ1n) is 7.80. The van der Waals surface area contributed by atoms with Gasteiger partial charge in [0.1, 0.15) is 0 Å². The molecule has 1 unspecified atom stereocenters. The first-order valence-corrected chi connectivity index (χ1v) is 7.80. The molecule has 0 bridgehead atoms. The van der Waals surface area contributed by atoms with Gasteiger partial charge in [-0.05, 0) is 64.3 Å². The zero-order valence-corrected chi connectivity index (χ0v) is 12.8. The van der Waals surface area contributed by atoms with Crippen LogP contribution in [0.15, 0.2) is 24.3 Å². The van der Waals surface area contributed by atoms with Crippen molar-refractivity contribution >= 4 is 0 Å². The van der Waals surface area contributed by atoms with Gasteiger partial charge in [0.05, 0.1) is 0 Å². The van der Waals surface area contributed by atoms with Gasteiger partial charge in [0, 0.05) is 12.6 Å². The summed E-state index contributed by atoms with van der Waals surface area (Å²) >= 11 is 0. The predicted molar refractivity (Wildman–Crippen MR) is 83.8 cm³/mol. The summed E-state index contributed by atoms with van der Waals surface area (Å²) in [5.74, 6) is 0.531. The monoisotopic (exact) mass is 276 g/mol. The molecule has 1 atom stereocenters. The zero-order valence-electron chi connectivity index (χ0n) is 12.8. The van der Waals surface area contributed by atoms with Crippen LogP contribution in [0, 0.1) is 12.8 Å². The van der Waals surface area contributed by atoms with Gasteiger partial charge in [0.25, 0.3) is 0 Å². The van der Waals surface area contributed by atoms with Crippen LogP contribution in [0.25, 0.3) is 0 Å². The Morgan fingerprint density at radius 2 is 1.90 bits per heavy atom. The molecule has 0 aromatic heterocycles. The van der Waals surface area contributed by atoms with Crippen molar-refractivity contribution in [2.24, 2.45) is 5.92 Å². The van der Waals surface area contributed by atoms with Gasteiger partial charge in [-0.3, -0.25) is 0 Å². The van der Waals surface area contributed by atoms with Gasteiger partial charge in [-0.25, -0.2) is 0 Å². The molecule has 2 rings (SSSR count). The van der Waals surface area contributed by atoms with Crippen molar-refractivity contribution in [2.45, 2.75) is 32.2 Å². The van der Waals surface area contributed by atoms with E-state index in [0.717, 1.165) is 38.9 Å². The van der Waals surface area contributed by atoms with E-state index in [0.29, 0.717) is 18.6 Å². The Kier molecular flexibility index (Phi) is 6.02. The minimum absolute atomic E-state index is 0.357. The van der Waals surface area contributed by atoms with Crippen molar-refractivity contribution in [3.8, 4) is 0 Å². The second-order valence-corrected chi connectivity index (χ2v) is 6.01. The molecule has 1 aliphatic heterocycles. The molecule has 0 saturated carbocycles. The molecular formula is C17H28N2O. The number of nitrogens with zero attached hydrogens (tertiary/aromatic N) is 1. The molecular weight excluding hydrogens is 248 g/mol. The van der Waals surface area contributed by atoms with Crippen LogP contribution >= 0.6 is 0 Å². The van der Waals surface area contributed by atoms with E-state index >= 15 is 0 Å². The number of rotatable bonds is 6. The molecule has 0 aliphatic carbocycles. The summed E-state index contributed by atoms with van der Waals surface area (Å²) in [7, 11) is 2.04. The Labute approximate surface area is 123 Å². The molecule has 112 valence electrons. The third-order valence-electron chi connectivity index (χ3n) is 4.53. The van der Waals surface area contributed by atoms with E-state index in [4.69, 9.17) is 0 Å². The first kappa shape index (κ1) is 15.5. The van der Waals surface area contributed by atoms with E-state index in [2.05, 4.69) is 41.4 Å². The fraction of sp³-hybridized carbons (Fsp3) is 0.647. The third-order valence-corrected chi connectivity index (χ3v) is 4.53. The van der Waals surface area contributed by atoms with Crippen LogP contribution in [0.1, 0.15) is 36.4 Å². The number of nitrogens with one attached hydrogen (secondary N) is 1. The van der Waals surface area contributed by atoms with E-state index in [1.807, 2.05) is 7.05 Å². The number of likely N-dealkylation sites (tertiary alicyclic amines) is 1. The molecule has 3 nitrogen and oxygen atoms in total. The molecule has 1 heterocycles. The molecule has 1 aliphatic rings. The van der Waals surface area contributed by atoms with Crippen molar-refractivity contribution in [2.75, 3.05) is 33.3 Å². The van der Waals surface area contributed by atoms with E-state index in [9.17, 15) is 5.11 Å². The van der Waals surface area contributed by atoms with Crippen LogP contribution in [-0.2, 0) is 0 Å². The number of benzene rings is 1. The van der Waals surface area contributed by atoms with Crippen LogP contribution in [0.3, 0.4) is 0 Å². The summed E-state index contributed by atoms with van der Waals surface area (Å²) in [6.45, 7) is 5.89. The molecule has 3 heteroatoms. The summed E-state index contributed by atoms with van der Waals surface area (Å²) in [4.78, 5) is 2.53. The smallest absolute Gasteiger partial charge is 0.0460 e. The van der Waals surface area contributed by atoms with Crippen molar-refractivity contribution in [3.63, 3.8) is 0 Å². The average molecular weight is 276 g/mol. The van der Waals surface area contributed by atoms with E-state index in [1.54, 1.807) is 0 Å². The quantitative estimate of drug-likeness (QED) is 0.837. The van der Waals surface area contributed by atoms with Crippen LogP contribution in [-0.4, -0.2) is 43.3 Å². The van der Waals surface area contributed by atoms with E-state index in [1.165, 1.54) is 11.1 Å². The van der Waals surface area contributed by atoms with Gasteiger partial charge >= 0.3 is 0 Å². The second kappa shape index (κ2) is 7.77. The number of aliphatic hydroxyl groups is 1. The van der Waals surface area contributed by atoms with Gasteiger partial charge < -0.3 is 15.3 Å². The molecule has 2 N–H and O–H groups in total. The number of hydrogen-bond acceptors (Lipinski definition) is 3. The summed E-state index contributed by atoms with van der Waals surface area (Å²) in [5.41, 5.74) is 2.69. The van der Waals surface area contributed by atoms with Crippen molar-refractivity contribution in [3.05, 3.63) is 35.4 Å². The number of aliphatic hydroxyl groups excluding tert-OH is 1. The van der Waals surface area contributed by atoms with Gasteiger partial charge in [0.15, 0.2) is 0 Å². The molecule has 20 heavy (non-hydrogen) atoms. The lowest BCUT2D eigenvalue weighted by Crippen LogP contribution is -2.36. The first-order chi connectivity index (χ1) is 9.72. The maximum Gasteiger partial charge on any atom is 0.0460 e. The normalized spacial score (nSPS) is 19.1. The van der Waals surface area contributed by atoms with Gasteiger partial charge in [-0.2, -0.15) is 0 Å². The second-order valence-electron chi connectivity index (χ2n) is 6.01. The molecule has 1 fully saturated rings. The zero-order chi connectivity index (χ0) is 14.4. The van der Waals surface area contributed by atoms with Crippen molar-refractivity contribution < 1.29 is 5.11 Å². The summed E-state index contributed by atoms with van der Waals surface area (Å²) < 4.78 is 0. The van der Waals surface area contributed by atoms with Crippen molar-refractivity contribution in [1.29, 1.82) is 0 Å². The van der Waals surface area contributed by atoms with E-state index < -0.39 is 0 Å². The lowest BCUT2D eigenvalue weighted by Gasteiger charge is -2.32.